The molecule has 8 heteroatoms. The van der Waals surface area contributed by atoms with Crippen molar-refractivity contribution in [2.45, 2.75) is 25.7 Å². The van der Waals surface area contributed by atoms with Crippen LogP contribution in [0.1, 0.15) is 40.3 Å². The monoisotopic (exact) mass is 396 g/mol. The van der Waals surface area contributed by atoms with E-state index in [-0.39, 0.29) is 25.2 Å². The van der Waals surface area contributed by atoms with E-state index < -0.39 is 0 Å². The molecule has 0 bridgehead atoms. The molecule has 1 atom stereocenters. The molecule has 1 amide bonds. The average Bonchev–Trinajstić information content (AvgIpc) is 3.22. The van der Waals surface area contributed by atoms with Crippen molar-refractivity contribution in [3.63, 3.8) is 0 Å². The summed E-state index contributed by atoms with van der Waals surface area (Å²) in [6.07, 6.45) is 3.25. The van der Waals surface area contributed by atoms with Crippen LogP contribution in [0.3, 0.4) is 0 Å². The molecule has 29 heavy (non-hydrogen) atoms. The number of nitrogens with one attached hydrogen (secondary N) is 1. The third-order valence-electron chi connectivity index (χ3n) is 5.78. The van der Waals surface area contributed by atoms with Gasteiger partial charge in [0.2, 0.25) is 6.79 Å². The zero-order chi connectivity index (χ0) is 19.8. The molecule has 8 nitrogen and oxygen atoms in total. The maximum absolute atomic E-state index is 12.5. The van der Waals surface area contributed by atoms with Gasteiger partial charge in [0.25, 0.3) is 5.91 Å². The van der Waals surface area contributed by atoms with Crippen molar-refractivity contribution in [1.82, 2.24) is 15.3 Å². The Morgan fingerprint density at radius 2 is 2.14 bits per heavy atom. The van der Waals surface area contributed by atoms with Crippen molar-refractivity contribution < 1.29 is 19.4 Å². The van der Waals surface area contributed by atoms with Gasteiger partial charge in [-0.2, -0.15) is 0 Å². The first kappa shape index (κ1) is 18.2. The van der Waals surface area contributed by atoms with Crippen molar-refractivity contribution in [3.05, 3.63) is 40.8 Å². The Balaban J connectivity index is 1.50. The van der Waals surface area contributed by atoms with E-state index in [9.17, 15) is 9.90 Å². The van der Waals surface area contributed by atoms with E-state index in [0.717, 1.165) is 60.8 Å². The highest BCUT2D eigenvalue weighted by molar-refractivity contribution is 5.96. The molecule has 0 spiro atoms. The summed E-state index contributed by atoms with van der Waals surface area (Å²) in [5.74, 6) is 3.02. The van der Waals surface area contributed by atoms with Gasteiger partial charge in [-0.15, -0.1) is 0 Å². The number of piperidine rings is 1. The predicted octanol–water partition coefficient (Wildman–Crippen LogP) is 1.29. The number of anilines is 1. The second-order valence-electron chi connectivity index (χ2n) is 7.80. The van der Waals surface area contributed by atoms with Crippen LogP contribution < -0.4 is 19.7 Å². The fourth-order valence-electron chi connectivity index (χ4n) is 4.30. The van der Waals surface area contributed by atoms with Crippen LogP contribution in [0.5, 0.6) is 11.5 Å². The summed E-state index contributed by atoms with van der Waals surface area (Å²) in [5, 5.41) is 12.5. The van der Waals surface area contributed by atoms with Crippen LogP contribution in [-0.2, 0) is 12.8 Å². The van der Waals surface area contributed by atoms with Crippen LogP contribution in [0.4, 0.5) is 5.82 Å². The van der Waals surface area contributed by atoms with Crippen LogP contribution >= 0.6 is 0 Å². The number of ether oxygens (including phenoxy) is 2. The van der Waals surface area contributed by atoms with Crippen LogP contribution in [0.15, 0.2) is 18.2 Å². The van der Waals surface area contributed by atoms with Crippen LogP contribution in [0.25, 0.3) is 0 Å². The zero-order valence-electron chi connectivity index (χ0n) is 16.2. The first-order chi connectivity index (χ1) is 14.2. The zero-order valence-corrected chi connectivity index (χ0v) is 16.2. The molecular formula is C21H24N4O4. The minimum absolute atomic E-state index is 0.141. The number of benzene rings is 1. The Bertz CT molecular complexity index is 949. The molecule has 0 saturated carbocycles. The summed E-state index contributed by atoms with van der Waals surface area (Å²) < 4.78 is 10.8. The summed E-state index contributed by atoms with van der Waals surface area (Å²) in [6, 6.07) is 5.80. The van der Waals surface area contributed by atoms with E-state index in [2.05, 4.69) is 15.2 Å². The fraction of sp³-hybridized carbons (Fsp3) is 0.476. The summed E-state index contributed by atoms with van der Waals surface area (Å²) in [6.45, 7) is 2.64. The molecule has 3 aliphatic heterocycles. The lowest BCUT2D eigenvalue weighted by atomic mass is 9.97. The minimum atomic E-state index is -0.141. The highest BCUT2D eigenvalue weighted by Crippen LogP contribution is 2.33. The molecule has 152 valence electrons. The fourth-order valence-corrected chi connectivity index (χ4v) is 4.30. The van der Waals surface area contributed by atoms with E-state index in [1.165, 1.54) is 0 Å². The van der Waals surface area contributed by atoms with E-state index in [4.69, 9.17) is 14.5 Å². The molecule has 1 aromatic carbocycles. The van der Waals surface area contributed by atoms with Gasteiger partial charge in [0.15, 0.2) is 11.5 Å². The third kappa shape index (κ3) is 3.48. The molecule has 1 saturated heterocycles. The van der Waals surface area contributed by atoms with Crippen molar-refractivity contribution in [2.24, 2.45) is 5.92 Å². The van der Waals surface area contributed by atoms with E-state index in [0.29, 0.717) is 24.5 Å². The van der Waals surface area contributed by atoms with Crippen molar-refractivity contribution in [3.8, 4) is 11.5 Å². The number of hydrogen-bond donors (Lipinski definition) is 2. The van der Waals surface area contributed by atoms with E-state index in [1.54, 1.807) is 0 Å². The molecule has 4 heterocycles. The lowest BCUT2D eigenvalue weighted by Crippen LogP contribution is -2.40. The maximum Gasteiger partial charge on any atom is 0.270 e. The summed E-state index contributed by atoms with van der Waals surface area (Å²) in [7, 11) is 0. The number of amides is 1. The number of aliphatic hydroxyl groups excluding tert-OH is 1. The van der Waals surface area contributed by atoms with Gasteiger partial charge >= 0.3 is 0 Å². The second kappa shape index (κ2) is 7.51. The molecule has 2 aromatic rings. The summed E-state index contributed by atoms with van der Waals surface area (Å²) in [4.78, 5) is 24.2. The van der Waals surface area contributed by atoms with Crippen molar-refractivity contribution in [2.75, 3.05) is 37.9 Å². The smallest absolute Gasteiger partial charge is 0.270 e. The van der Waals surface area contributed by atoms with Crippen LogP contribution in [0, 0.1) is 5.92 Å². The van der Waals surface area contributed by atoms with Gasteiger partial charge in [-0.25, -0.2) is 9.97 Å². The Morgan fingerprint density at radius 1 is 1.24 bits per heavy atom. The van der Waals surface area contributed by atoms with Gasteiger partial charge in [0.05, 0.1) is 0 Å². The quantitative estimate of drug-likeness (QED) is 0.804. The lowest BCUT2D eigenvalue weighted by molar-refractivity contribution is 0.0940. The Morgan fingerprint density at radius 3 is 3.03 bits per heavy atom. The van der Waals surface area contributed by atoms with Gasteiger partial charge in [0, 0.05) is 38.2 Å². The number of aromatic nitrogens is 2. The number of fused-ring (bicyclic) bond motifs is 2. The van der Waals surface area contributed by atoms with Gasteiger partial charge in [-0.05, 0) is 42.9 Å². The maximum atomic E-state index is 12.5. The minimum Gasteiger partial charge on any atom is -0.454 e. The number of nitrogens with zero attached hydrogens (tertiary/aromatic N) is 3. The number of carbonyl (C=O) groups excluding carboxylic acids is 1. The van der Waals surface area contributed by atoms with Gasteiger partial charge in [0.1, 0.15) is 17.3 Å². The normalized spacial score (nSPS) is 20.4. The van der Waals surface area contributed by atoms with E-state index >= 15 is 0 Å². The van der Waals surface area contributed by atoms with Gasteiger partial charge < -0.3 is 24.8 Å². The lowest BCUT2D eigenvalue weighted by Gasteiger charge is -2.35. The Labute approximate surface area is 168 Å². The largest absolute Gasteiger partial charge is 0.454 e. The molecule has 2 N–H and O–H groups in total. The highest BCUT2D eigenvalue weighted by atomic mass is 16.7. The van der Waals surface area contributed by atoms with E-state index in [1.807, 2.05) is 18.2 Å². The molecule has 1 aromatic heterocycles. The molecular weight excluding hydrogens is 372 g/mol. The predicted molar refractivity (Wildman–Crippen MR) is 105 cm³/mol. The summed E-state index contributed by atoms with van der Waals surface area (Å²) in [5.41, 5.74) is 2.40. The van der Waals surface area contributed by atoms with Gasteiger partial charge in [-0.3, -0.25) is 4.79 Å². The highest BCUT2D eigenvalue weighted by Gasteiger charge is 2.29. The number of hydrogen-bond acceptors (Lipinski definition) is 7. The molecule has 5 rings (SSSR count). The first-order valence-electron chi connectivity index (χ1n) is 10.1. The average molecular weight is 396 g/mol. The Kier molecular flexibility index (Phi) is 4.71. The number of rotatable bonds is 4. The first-order valence-corrected chi connectivity index (χ1v) is 10.1. The molecule has 0 radical (unpaired) electrons. The topological polar surface area (TPSA) is 96.8 Å². The van der Waals surface area contributed by atoms with Gasteiger partial charge in [-0.1, -0.05) is 6.07 Å². The number of aliphatic hydroxyl groups is 1. The summed E-state index contributed by atoms with van der Waals surface area (Å²) >= 11 is 0. The van der Waals surface area contributed by atoms with Crippen molar-refractivity contribution >= 4 is 11.7 Å². The third-order valence-corrected chi connectivity index (χ3v) is 5.78. The number of carbonyl (C=O) groups is 1. The molecule has 1 fully saturated rings. The molecule has 1 unspecified atom stereocenters. The SMILES string of the molecule is O=C1NCCc2c1nc(Cc1ccc3c(c1)OCO3)nc2N1CCCC(CO)C1. The van der Waals surface area contributed by atoms with Crippen LogP contribution in [-0.4, -0.2) is 54.0 Å². The molecule has 3 aliphatic rings. The second-order valence-corrected chi connectivity index (χ2v) is 7.80. The standard InChI is InChI=1S/C21H24N4O4/c26-11-14-2-1-7-25(10-14)20-15-5-6-22-21(27)19(15)23-18(24-20)9-13-3-4-16-17(8-13)29-12-28-16/h3-4,8,14,26H,1-2,5-7,9-12H2,(H,22,27). The Hall–Kier alpha value is -2.87. The van der Waals surface area contributed by atoms with Crippen molar-refractivity contribution in [1.29, 1.82) is 0 Å². The van der Waals surface area contributed by atoms with Crippen LogP contribution in [0.2, 0.25) is 0 Å². The molecule has 0 aliphatic carbocycles.